The Morgan fingerprint density at radius 3 is 2.54 bits per heavy atom. The summed E-state index contributed by atoms with van der Waals surface area (Å²) in [6.07, 6.45) is 1.78. The summed E-state index contributed by atoms with van der Waals surface area (Å²) in [5.41, 5.74) is 0.869. The van der Waals surface area contributed by atoms with Crippen molar-refractivity contribution < 1.29 is 23.9 Å². The molecular formula is C17H19NO5S. The fourth-order valence-corrected chi connectivity index (χ4v) is 2.95. The van der Waals surface area contributed by atoms with E-state index in [-0.39, 0.29) is 50.0 Å². The maximum Gasteiger partial charge on any atom is 0.306 e. The summed E-state index contributed by atoms with van der Waals surface area (Å²) in [7, 11) is 0. The predicted octanol–water partition coefficient (Wildman–Crippen LogP) is 1.57. The highest BCUT2D eigenvalue weighted by atomic mass is 32.2. The van der Waals surface area contributed by atoms with Gasteiger partial charge in [-0.05, 0) is 11.8 Å². The average molecular weight is 349 g/mol. The number of likely N-dealkylation sites (tertiary alicyclic amines) is 1. The molecule has 1 saturated heterocycles. The molecule has 128 valence electrons. The van der Waals surface area contributed by atoms with Crippen LogP contribution in [-0.2, 0) is 30.5 Å². The number of imide groups is 1. The molecule has 0 spiro atoms. The number of carbonyl (C=O) groups excluding carboxylic acids is 4. The van der Waals surface area contributed by atoms with Gasteiger partial charge in [0.15, 0.2) is 5.78 Å². The van der Waals surface area contributed by atoms with E-state index in [4.69, 9.17) is 4.74 Å². The highest BCUT2D eigenvalue weighted by Crippen LogP contribution is 2.22. The van der Waals surface area contributed by atoms with Gasteiger partial charge in [-0.15, -0.1) is 0 Å². The summed E-state index contributed by atoms with van der Waals surface area (Å²) in [5, 5.41) is -0.402. The molecule has 2 rings (SSSR count). The Kier molecular flexibility index (Phi) is 6.54. The summed E-state index contributed by atoms with van der Waals surface area (Å²) in [5.74, 6) is -1.46. The molecule has 0 N–H and O–H groups in total. The fraction of sp³-hybridized carbons (Fsp3) is 0.412. The molecule has 1 aliphatic rings. The Morgan fingerprint density at radius 1 is 1.21 bits per heavy atom. The molecule has 0 aromatic heterocycles. The molecule has 2 amide bonds. The predicted molar refractivity (Wildman–Crippen MR) is 89.1 cm³/mol. The van der Waals surface area contributed by atoms with Gasteiger partial charge >= 0.3 is 5.97 Å². The standard InChI is InChI=1S/C17H19NO5S/c1-24-14-9-15(20)18(17(14)22)10-13(19)7-8-16(21)23-11-12-5-3-2-4-6-12/h2-6,14H,7-11H2,1H3. The van der Waals surface area contributed by atoms with Gasteiger partial charge in [-0.25, -0.2) is 0 Å². The Labute approximate surface area is 144 Å². The van der Waals surface area contributed by atoms with Crippen LogP contribution < -0.4 is 0 Å². The number of ketones is 1. The van der Waals surface area contributed by atoms with Crippen LogP contribution in [0.1, 0.15) is 24.8 Å². The van der Waals surface area contributed by atoms with Crippen molar-refractivity contribution in [2.24, 2.45) is 0 Å². The normalized spacial score (nSPS) is 17.2. The van der Waals surface area contributed by atoms with Gasteiger partial charge in [0.05, 0.1) is 18.2 Å². The summed E-state index contributed by atoms with van der Waals surface area (Å²) in [6, 6.07) is 9.24. The zero-order valence-corrected chi connectivity index (χ0v) is 14.2. The molecule has 1 aliphatic heterocycles. The minimum atomic E-state index is -0.478. The summed E-state index contributed by atoms with van der Waals surface area (Å²) < 4.78 is 5.08. The first kappa shape index (κ1) is 18.2. The van der Waals surface area contributed by atoms with Crippen LogP contribution in [0.25, 0.3) is 0 Å². The van der Waals surface area contributed by atoms with Gasteiger partial charge in [-0.2, -0.15) is 11.8 Å². The Balaban J connectivity index is 1.72. The van der Waals surface area contributed by atoms with Crippen molar-refractivity contribution in [3.8, 4) is 0 Å². The van der Waals surface area contributed by atoms with E-state index < -0.39 is 11.2 Å². The number of esters is 1. The number of thioether (sulfide) groups is 1. The molecule has 0 saturated carbocycles. The Morgan fingerprint density at radius 2 is 1.92 bits per heavy atom. The van der Waals surface area contributed by atoms with Crippen LogP contribution in [0, 0.1) is 0 Å². The van der Waals surface area contributed by atoms with Gasteiger partial charge in [0.2, 0.25) is 11.8 Å². The summed E-state index contributed by atoms with van der Waals surface area (Å²) in [6.45, 7) is -0.104. The minimum absolute atomic E-state index is 0.0470. The van der Waals surface area contributed by atoms with Crippen LogP contribution in [0.3, 0.4) is 0 Å². The molecule has 1 atom stereocenters. The van der Waals surface area contributed by atoms with E-state index in [1.54, 1.807) is 6.26 Å². The largest absolute Gasteiger partial charge is 0.461 e. The number of hydrogen-bond acceptors (Lipinski definition) is 6. The molecule has 0 bridgehead atoms. The highest BCUT2D eigenvalue weighted by molar-refractivity contribution is 8.00. The molecule has 0 radical (unpaired) electrons. The molecule has 1 unspecified atom stereocenters. The third kappa shape index (κ3) is 4.92. The van der Waals surface area contributed by atoms with Gasteiger partial charge in [0.25, 0.3) is 0 Å². The Hall–Kier alpha value is -2.15. The molecular weight excluding hydrogens is 330 g/mol. The lowest BCUT2D eigenvalue weighted by atomic mass is 10.2. The molecule has 1 aromatic rings. The number of benzene rings is 1. The second-order valence-corrected chi connectivity index (χ2v) is 6.47. The van der Waals surface area contributed by atoms with Crippen molar-refractivity contribution in [3.05, 3.63) is 35.9 Å². The zero-order valence-electron chi connectivity index (χ0n) is 13.4. The van der Waals surface area contributed by atoms with Gasteiger partial charge in [0.1, 0.15) is 6.61 Å². The van der Waals surface area contributed by atoms with Crippen molar-refractivity contribution in [1.82, 2.24) is 4.90 Å². The topological polar surface area (TPSA) is 80.8 Å². The van der Waals surface area contributed by atoms with Crippen molar-refractivity contribution in [2.45, 2.75) is 31.1 Å². The first-order chi connectivity index (χ1) is 11.5. The van der Waals surface area contributed by atoms with E-state index in [1.165, 1.54) is 11.8 Å². The third-order valence-electron chi connectivity index (χ3n) is 3.67. The van der Waals surface area contributed by atoms with Crippen LogP contribution >= 0.6 is 11.8 Å². The second-order valence-electron chi connectivity index (χ2n) is 5.43. The maximum atomic E-state index is 11.9. The lowest BCUT2D eigenvalue weighted by Crippen LogP contribution is -2.36. The third-order valence-corrected chi connectivity index (χ3v) is 4.61. The number of amides is 2. The van der Waals surface area contributed by atoms with Crippen molar-refractivity contribution in [3.63, 3.8) is 0 Å². The number of hydrogen-bond donors (Lipinski definition) is 0. The van der Waals surface area contributed by atoms with E-state index in [1.807, 2.05) is 30.3 Å². The minimum Gasteiger partial charge on any atom is -0.461 e. The smallest absolute Gasteiger partial charge is 0.306 e. The molecule has 1 heterocycles. The van der Waals surface area contributed by atoms with Gasteiger partial charge in [-0.3, -0.25) is 24.1 Å². The van der Waals surface area contributed by atoms with E-state index in [2.05, 4.69) is 0 Å². The molecule has 1 aromatic carbocycles. The van der Waals surface area contributed by atoms with Crippen LogP contribution in [0.2, 0.25) is 0 Å². The van der Waals surface area contributed by atoms with Crippen LogP contribution in [0.5, 0.6) is 0 Å². The lowest BCUT2D eigenvalue weighted by Gasteiger charge is -2.13. The van der Waals surface area contributed by atoms with Crippen LogP contribution in [0.4, 0.5) is 0 Å². The first-order valence-corrected chi connectivity index (χ1v) is 8.88. The number of nitrogens with zero attached hydrogens (tertiary/aromatic N) is 1. The number of Topliss-reactive ketones (excluding diaryl/α,β-unsaturated/α-hetero) is 1. The zero-order chi connectivity index (χ0) is 17.5. The number of ether oxygens (including phenoxy) is 1. The highest BCUT2D eigenvalue weighted by Gasteiger charge is 2.38. The average Bonchev–Trinajstić information content (AvgIpc) is 2.86. The maximum absolute atomic E-state index is 11.9. The molecule has 7 heteroatoms. The summed E-state index contributed by atoms with van der Waals surface area (Å²) in [4.78, 5) is 48.2. The van der Waals surface area contributed by atoms with Gasteiger partial charge < -0.3 is 4.74 Å². The number of rotatable bonds is 8. The van der Waals surface area contributed by atoms with E-state index in [9.17, 15) is 19.2 Å². The summed E-state index contributed by atoms with van der Waals surface area (Å²) >= 11 is 1.30. The lowest BCUT2D eigenvalue weighted by molar-refractivity contribution is -0.146. The molecule has 24 heavy (non-hydrogen) atoms. The second kappa shape index (κ2) is 8.63. The number of carbonyl (C=O) groups is 4. The van der Waals surface area contributed by atoms with Crippen molar-refractivity contribution >= 4 is 35.3 Å². The SMILES string of the molecule is CSC1CC(=O)N(CC(=O)CCC(=O)OCc2ccccc2)C1=O. The van der Waals surface area contributed by atoms with Crippen LogP contribution in [-0.4, -0.2) is 46.5 Å². The first-order valence-electron chi connectivity index (χ1n) is 7.59. The van der Waals surface area contributed by atoms with Crippen molar-refractivity contribution in [1.29, 1.82) is 0 Å². The van der Waals surface area contributed by atoms with E-state index in [0.29, 0.717) is 0 Å². The van der Waals surface area contributed by atoms with Crippen LogP contribution in [0.15, 0.2) is 30.3 Å². The van der Waals surface area contributed by atoms with Gasteiger partial charge in [0, 0.05) is 12.8 Å². The van der Waals surface area contributed by atoms with E-state index in [0.717, 1.165) is 10.5 Å². The van der Waals surface area contributed by atoms with E-state index >= 15 is 0 Å². The molecule has 1 fully saturated rings. The molecule has 0 aliphatic carbocycles. The monoisotopic (exact) mass is 349 g/mol. The molecule has 6 nitrogen and oxygen atoms in total. The fourth-order valence-electron chi connectivity index (χ4n) is 2.31. The quantitative estimate of drug-likeness (QED) is 0.523. The van der Waals surface area contributed by atoms with Crippen molar-refractivity contribution in [2.75, 3.05) is 12.8 Å². The van der Waals surface area contributed by atoms with Gasteiger partial charge in [-0.1, -0.05) is 30.3 Å². The Bertz CT molecular complexity index is 631.